The second-order valence-corrected chi connectivity index (χ2v) is 5.70. The summed E-state index contributed by atoms with van der Waals surface area (Å²) in [4.78, 5) is 5.30. The maximum absolute atomic E-state index is 6.16. The number of nitrogens with two attached hydrogens (primary N) is 1. The third-order valence-corrected chi connectivity index (χ3v) is 3.90. The summed E-state index contributed by atoms with van der Waals surface area (Å²) >= 11 is 7.65. The van der Waals surface area contributed by atoms with E-state index in [1.165, 1.54) is 0 Å². The first-order valence-electron chi connectivity index (χ1n) is 5.70. The maximum atomic E-state index is 6.16. The predicted molar refractivity (Wildman–Crippen MR) is 78.1 cm³/mol. The van der Waals surface area contributed by atoms with Crippen molar-refractivity contribution < 1.29 is 0 Å². The highest BCUT2D eigenvalue weighted by Gasteiger charge is 2.07. The van der Waals surface area contributed by atoms with Gasteiger partial charge in [0.15, 0.2) is 0 Å². The van der Waals surface area contributed by atoms with Crippen LogP contribution < -0.4 is 5.73 Å². The Balaban J connectivity index is 1.98. The van der Waals surface area contributed by atoms with Crippen LogP contribution >= 0.6 is 23.4 Å². The van der Waals surface area contributed by atoms with Crippen molar-refractivity contribution in [3.05, 3.63) is 58.9 Å². The average molecular weight is 279 g/mol. The van der Waals surface area contributed by atoms with E-state index < -0.39 is 0 Å². The molecule has 0 aliphatic rings. The van der Waals surface area contributed by atoms with Crippen LogP contribution in [0.5, 0.6) is 0 Å². The van der Waals surface area contributed by atoms with Crippen molar-refractivity contribution in [3.8, 4) is 0 Å². The molecule has 0 saturated heterocycles. The lowest BCUT2D eigenvalue weighted by atomic mass is 10.1. The molecule has 1 unspecified atom stereocenters. The maximum Gasteiger partial charge on any atom is 0.0417 e. The number of pyridine rings is 1. The third-order valence-electron chi connectivity index (χ3n) is 2.55. The van der Waals surface area contributed by atoms with E-state index in [0.29, 0.717) is 0 Å². The number of thioether (sulfide) groups is 1. The summed E-state index contributed by atoms with van der Waals surface area (Å²) in [6, 6.07) is 9.88. The van der Waals surface area contributed by atoms with Gasteiger partial charge in [0, 0.05) is 34.1 Å². The molecule has 2 nitrogen and oxygen atoms in total. The lowest BCUT2D eigenvalue weighted by Gasteiger charge is -2.11. The van der Waals surface area contributed by atoms with Gasteiger partial charge in [0.25, 0.3) is 0 Å². The Kier molecular flexibility index (Phi) is 4.64. The number of nitrogens with zero attached hydrogens (tertiary/aromatic N) is 1. The van der Waals surface area contributed by atoms with Gasteiger partial charge in [0.05, 0.1) is 0 Å². The second kappa shape index (κ2) is 6.23. The van der Waals surface area contributed by atoms with E-state index in [1.54, 1.807) is 11.8 Å². The molecule has 1 aromatic heterocycles. The highest BCUT2D eigenvalue weighted by atomic mass is 35.5. The monoisotopic (exact) mass is 278 g/mol. The summed E-state index contributed by atoms with van der Waals surface area (Å²) in [5.74, 6) is 0.811. The van der Waals surface area contributed by atoms with Crippen molar-refractivity contribution in [2.45, 2.75) is 17.9 Å². The highest BCUT2D eigenvalue weighted by molar-refractivity contribution is 7.99. The van der Waals surface area contributed by atoms with Crippen molar-refractivity contribution in [1.29, 1.82) is 0 Å². The number of aryl methyl sites for hydroxylation is 1. The van der Waals surface area contributed by atoms with Crippen LogP contribution in [0.1, 0.15) is 17.2 Å². The molecule has 0 aliphatic heterocycles. The molecule has 2 rings (SSSR count). The van der Waals surface area contributed by atoms with Crippen LogP contribution in [0.4, 0.5) is 0 Å². The Morgan fingerprint density at radius 1 is 1.33 bits per heavy atom. The number of halogens is 1. The molecular formula is C14H15ClN2S. The van der Waals surface area contributed by atoms with E-state index in [4.69, 9.17) is 17.3 Å². The van der Waals surface area contributed by atoms with Gasteiger partial charge < -0.3 is 5.73 Å². The van der Waals surface area contributed by atoms with Gasteiger partial charge in [-0.3, -0.25) is 4.98 Å². The zero-order chi connectivity index (χ0) is 13.0. The van der Waals surface area contributed by atoms with Crippen LogP contribution in [0.3, 0.4) is 0 Å². The molecule has 0 saturated carbocycles. The predicted octanol–water partition coefficient (Wildman–Crippen LogP) is 3.84. The summed E-state index contributed by atoms with van der Waals surface area (Å²) < 4.78 is 0. The molecule has 0 amide bonds. The van der Waals surface area contributed by atoms with E-state index in [2.05, 4.69) is 11.1 Å². The Hall–Kier alpha value is -1.03. The minimum absolute atomic E-state index is 0.0126. The van der Waals surface area contributed by atoms with Gasteiger partial charge in [0.1, 0.15) is 0 Å². The smallest absolute Gasteiger partial charge is 0.0417 e. The quantitative estimate of drug-likeness (QED) is 0.864. The Bertz CT molecular complexity index is 531. The molecular weight excluding hydrogens is 264 g/mol. The van der Waals surface area contributed by atoms with Gasteiger partial charge in [-0.1, -0.05) is 23.7 Å². The van der Waals surface area contributed by atoms with Gasteiger partial charge in [-0.05, 0) is 36.2 Å². The molecule has 0 spiro atoms. The first-order valence-corrected chi connectivity index (χ1v) is 7.07. The molecule has 2 aromatic rings. The van der Waals surface area contributed by atoms with E-state index in [9.17, 15) is 0 Å². The van der Waals surface area contributed by atoms with E-state index in [1.807, 2.05) is 43.6 Å². The fraction of sp³-hybridized carbons (Fsp3) is 0.214. The number of aromatic nitrogens is 1. The minimum atomic E-state index is -0.0126. The molecule has 0 aliphatic carbocycles. The van der Waals surface area contributed by atoms with Crippen molar-refractivity contribution in [2.24, 2.45) is 5.73 Å². The van der Waals surface area contributed by atoms with Gasteiger partial charge in [-0.2, -0.15) is 0 Å². The summed E-state index contributed by atoms with van der Waals surface area (Å²) in [6.45, 7) is 2.02. The topological polar surface area (TPSA) is 38.9 Å². The molecule has 18 heavy (non-hydrogen) atoms. The molecule has 0 fully saturated rings. The Morgan fingerprint density at radius 3 is 2.89 bits per heavy atom. The molecule has 94 valence electrons. The lowest BCUT2D eigenvalue weighted by molar-refractivity contribution is 0.822. The summed E-state index contributed by atoms with van der Waals surface area (Å²) in [7, 11) is 0. The van der Waals surface area contributed by atoms with Crippen molar-refractivity contribution >= 4 is 23.4 Å². The van der Waals surface area contributed by atoms with Crippen molar-refractivity contribution in [3.63, 3.8) is 0 Å². The first-order chi connectivity index (χ1) is 8.65. The molecule has 1 aromatic carbocycles. The average Bonchev–Trinajstić information content (AvgIpc) is 2.36. The van der Waals surface area contributed by atoms with Crippen molar-refractivity contribution in [1.82, 2.24) is 4.98 Å². The van der Waals surface area contributed by atoms with E-state index in [-0.39, 0.29) is 6.04 Å². The van der Waals surface area contributed by atoms with Gasteiger partial charge in [-0.15, -0.1) is 11.8 Å². The Labute approximate surface area is 117 Å². The fourth-order valence-electron chi connectivity index (χ4n) is 1.62. The second-order valence-electron chi connectivity index (χ2n) is 4.17. The summed E-state index contributed by atoms with van der Waals surface area (Å²) in [6.07, 6.45) is 3.66. The summed E-state index contributed by atoms with van der Waals surface area (Å²) in [5.41, 5.74) is 8.36. The number of hydrogen-bond acceptors (Lipinski definition) is 3. The Morgan fingerprint density at radius 2 is 2.17 bits per heavy atom. The van der Waals surface area contributed by atoms with Gasteiger partial charge in [0.2, 0.25) is 0 Å². The van der Waals surface area contributed by atoms with Gasteiger partial charge >= 0.3 is 0 Å². The standard InChI is InChI=1S/C14H15ClN2S/c1-10-5-11(8-17-7-10)14(16)9-18-13-4-2-3-12(15)6-13/h2-8,14H,9,16H2,1H3. The largest absolute Gasteiger partial charge is 0.323 e. The van der Waals surface area contributed by atoms with E-state index in [0.717, 1.165) is 26.8 Å². The molecule has 1 atom stereocenters. The first kappa shape index (κ1) is 13.4. The SMILES string of the molecule is Cc1cncc(C(N)CSc2cccc(Cl)c2)c1. The number of hydrogen-bond donors (Lipinski definition) is 1. The molecule has 0 bridgehead atoms. The van der Waals surface area contributed by atoms with Crippen LogP contribution in [0, 0.1) is 6.92 Å². The number of rotatable bonds is 4. The highest BCUT2D eigenvalue weighted by Crippen LogP contribution is 2.25. The minimum Gasteiger partial charge on any atom is -0.323 e. The zero-order valence-corrected chi connectivity index (χ0v) is 11.7. The van der Waals surface area contributed by atoms with Crippen LogP contribution in [0.2, 0.25) is 5.02 Å². The number of benzene rings is 1. The third kappa shape index (κ3) is 3.73. The van der Waals surface area contributed by atoms with Crippen LogP contribution in [0.25, 0.3) is 0 Å². The molecule has 4 heteroatoms. The van der Waals surface area contributed by atoms with Crippen LogP contribution in [0.15, 0.2) is 47.6 Å². The zero-order valence-electron chi connectivity index (χ0n) is 10.1. The molecule has 1 heterocycles. The van der Waals surface area contributed by atoms with E-state index >= 15 is 0 Å². The van der Waals surface area contributed by atoms with Crippen LogP contribution in [-0.2, 0) is 0 Å². The van der Waals surface area contributed by atoms with Gasteiger partial charge in [-0.25, -0.2) is 0 Å². The summed E-state index contributed by atoms with van der Waals surface area (Å²) in [5, 5.41) is 0.755. The fourth-order valence-corrected chi connectivity index (χ4v) is 2.82. The van der Waals surface area contributed by atoms with Crippen molar-refractivity contribution in [2.75, 3.05) is 5.75 Å². The lowest BCUT2D eigenvalue weighted by Crippen LogP contribution is -2.13. The molecule has 0 radical (unpaired) electrons. The molecule has 2 N–H and O–H groups in total. The normalized spacial score (nSPS) is 12.4. The van der Waals surface area contributed by atoms with Crippen LogP contribution in [-0.4, -0.2) is 10.7 Å².